The molecule has 0 unspecified atom stereocenters. The second kappa shape index (κ2) is 20.5. The van der Waals surface area contributed by atoms with Crippen molar-refractivity contribution in [3.8, 4) is 12.8 Å². The van der Waals surface area contributed by atoms with Crippen molar-refractivity contribution in [2.75, 3.05) is 80.0 Å². The number of anilines is 5. The molecule has 7 rings (SSSR count). The molecule has 1 aliphatic carbocycles. The molecule has 3 aromatic rings. The molecule has 6 heterocycles. The van der Waals surface area contributed by atoms with E-state index in [1.807, 2.05) is 0 Å². The number of nitrogens with one attached hydrogen (secondary N) is 3. The van der Waals surface area contributed by atoms with Gasteiger partial charge in [-0.25, -0.2) is 4.98 Å². The monoisotopic (exact) mass is 648 g/mol. The number of carbonyl (C=O) groups excluding carboxylic acids is 1. The highest BCUT2D eigenvalue weighted by Crippen LogP contribution is 2.39. The lowest BCUT2D eigenvalue weighted by molar-refractivity contribution is -0.105. The molecule has 4 aliphatic rings. The number of terminal acetylenes is 1. The molecular weight excluding hydrogens is 600 g/mol. The maximum Gasteiger partial charge on any atom is 0.235 e. The van der Waals surface area contributed by atoms with Crippen molar-refractivity contribution in [1.82, 2.24) is 40.0 Å². The summed E-state index contributed by atoms with van der Waals surface area (Å²) in [5.41, 5.74) is 1.20. The summed E-state index contributed by atoms with van der Waals surface area (Å²) in [6.45, 7) is 13.8. The van der Waals surface area contributed by atoms with E-state index in [1.54, 1.807) is 0 Å². The zero-order valence-corrected chi connectivity index (χ0v) is 27.3. The molecule has 0 bridgehead atoms. The van der Waals surface area contributed by atoms with Gasteiger partial charge in [-0.1, -0.05) is 0 Å². The number of carbonyl (C=O) groups is 1. The van der Waals surface area contributed by atoms with Crippen LogP contribution in [0.1, 0.15) is 50.1 Å². The van der Waals surface area contributed by atoms with Crippen molar-refractivity contribution < 1.29 is 14.6 Å². The van der Waals surface area contributed by atoms with Crippen LogP contribution in [0.5, 0.6) is 0 Å². The number of morpholine rings is 1. The van der Waals surface area contributed by atoms with Crippen LogP contribution in [-0.4, -0.2) is 117 Å². The van der Waals surface area contributed by atoms with Crippen LogP contribution in [0.2, 0.25) is 0 Å². The molecule has 47 heavy (non-hydrogen) atoms. The van der Waals surface area contributed by atoms with Crippen molar-refractivity contribution in [3.05, 3.63) is 43.5 Å². The number of aliphatic hydroxyl groups is 1. The fraction of sp³-hybridized carbons (Fsp3) is 0.531. The third-order valence-corrected chi connectivity index (χ3v) is 7.93. The van der Waals surface area contributed by atoms with E-state index in [0.29, 0.717) is 30.1 Å². The van der Waals surface area contributed by atoms with Gasteiger partial charge < -0.3 is 30.3 Å². The summed E-state index contributed by atoms with van der Waals surface area (Å²) >= 11 is 0. The Morgan fingerprint density at radius 2 is 1.55 bits per heavy atom. The number of aromatic nitrogens is 7. The summed E-state index contributed by atoms with van der Waals surface area (Å²) in [6.07, 6.45) is 20.2. The Balaban J connectivity index is 0.000000339. The van der Waals surface area contributed by atoms with Crippen LogP contribution >= 0.6 is 0 Å². The predicted molar refractivity (Wildman–Crippen MR) is 184 cm³/mol. The summed E-state index contributed by atoms with van der Waals surface area (Å²) < 4.78 is 5.52. The van der Waals surface area contributed by atoms with Crippen LogP contribution < -0.4 is 20.4 Å². The molecular formula is C32H48N12O3. The number of nitrogens with zero attached hydrogens (tertiary/aromatic N) is 9. The Kier molecular flexibility index (Phi) is 16.0. The van der Waals surface area contributed by atoms with Gasteiger partial charge in [0.25, 0.3) is 0 Å². The average molecular weight is 649 g/mol. The summed E-state index contributed by atoms with van der Waals surface area (Å²) in [5.74, 6) is 4.03. The highest BCUT2D eigenvalue weighted by molar-refractivity contribution is 5.67. The molecule has 15 heteroatoms. The third kappa shape index (κ3) is 11.3. The largest absolute Gasteiger partial charge is 0.400 e. The van der Waals surface area contributed by atoms with Gasteiger partial charge in [0.05, 0.1) is 19.4 Å². The smallest absolute Gasteiger partial charge is 0.235 e. The number of piperidine rings is 1. The standard InChI is InChI=1S/C22H33N9O.C5H5N3O.C2H4.C2H2.CH4O/c1-2-8-30(7-1)21-24-20(23-19-15-18(27-28-19)16-3-4-16)25-22(26-21)31-9-5-17(6-10-31)29-11-13-32-14-12-29;9-4-8-5-3-6-1-2-7-5;3*1-2/h15-17H,1-14H2,(H2,23,24,25,26,27,28);1-4H,(H,7,8,9);1-2H2;1-2H;2H,1H3. The number of amides is 1. The Hall–Kier alpha value is -4.65. The molecule has 0 radical (unpaired) electrons. The van der Waals surface area contributed by atoms with E-state index in [-0.39, 0.29) is 0 Å². The van der Waals surface area contributed by atoms with Gasteiger partial charge >= 0.3 is 0 Å². The summed E-state index contributed by atoms with van der Waals surface area (Å²) in [5, 5.41) is 20.3. The average Bonchev–Trinajstić information content (AvgIpc) is 3.64. The lowest BCUT2D eigenvalue weighted by Crippen LogP contribution is -2.49. The van der Waals surface area contributed by atoms with Crippen LogP contribution in [0.4, 0.5) is 29.5 Å². The number of aromatic amines is 1. The fourth-order valence-electron chi connectivity index (χ4n) is 5.54. The Morgan fingerprint density at radius 1 is 0.915 bits per heavy atom. The highest BCUT2D eigenvalue weighted by Gasteiger charge is 2.29. The summed E-state index contributed by atoms with van der Waals surface area (Å²) in [6, 6.07) is 2.72. The van der Waals surface area contributed by atoms with Crippen LogP contribution in [0, 0.1) is 12.8 Å². The van der Waals surface area contributed by atoms with E-state index in [9.17, 15) is 4.79 Å². The van der Waals surface area contributed by atoms with Gasteiger partial charge in [-0.3, -0.25) is 19.8 Å². The van der Waals surface area contributed by atoms with Crippen LogP contribution in [0.3, 0.4) is 0 Å². The molecule has 4 fully saturated rings. The van der Waals surface area contributed by atoms with E-state index in [4.69, 9.17) is 24.8 Å². The minimum absolute atomic E-state index is 0.465. The minimum atomic E-state index is 0.465. The first kappa shape index (κ1) is 36.8. The van der Waals surface area contributed by atoms with Gasteiger partial charge in [0.2, 0.25) is 24.3 Å². The van der Waals surface area contributed by atoms with E-state index in [1.165, 1.54) is 50.0 Å². The van der Waals surface area contributed by atoms with Gasteiger partial charge in [0.15, 0.2) is 11.6 Å². The minimum Gasteiger partial charge on any atom is -0.400 e. The van der Waals surface area contributed by atoms with E-state index in [0.717, 1.165) is 90.1 Å². The molecule has 15 nitrogen and oxygen atoms in total. The van der Waals surface area contributed by atoms with E-state index < -0.39 is 0 Å². The lowest BCUT2D eigenvalue weighted by atomic mass is 10.0. The molecule has 3 aromatic heterocycles. The zero-order valence-electron chi connectivity index (χ0n) is 27.3. The number of aliphatic hydroxyl groups excluding tert-OH is 1. The van der Waals surface area contributed by atoms with E-state index in [2.05, 4.69) is 77.6 Å². The number of hydrogen-bond donors (Lipinski definition) is 4. The normalized spacial score (nSPS) is 17.6. The van der Waals surface area contributed by atoms with Gasteiger partial charge in [-0.15, -0.1) is 26.0 Å². The van der Waals surface area contributed by atoms with Crippen molar-refractivity contribution in [2.45, 2.75) is 50.5 Å². The maximum absolute atomic E-state index is 9.80. The number of ether oxygens (including phenoxy) is 1. The second-order valence-electron chi connectivity index (χ2n) is 10.8. The first-order chi connectivity index (χ1) is 23.2. The van der Waals surface area contributed by atoms with Gasteiger partial charge in [0, 0.05) is 82.5 Å². The van der Waals surface area contributed by atoms with Crippen molar-refractivity contribution >= 4 is 35.9 Å². The second-order valence-corrected chi connectivity index (χ2v) is 10.8. The molecule has 0 aromatic carbocycles. The fourth-order valence-corrected chi connectivity index (χ4v) is 5.54. The quantitative estimate of drug-likeness (QED) is 0.160. The van der Waals surface area contributed by atoms with Gasteiger partial charge in [-0.05, 0) is 38.5 Å². The summed E-state index contributed by atoms with van der Waals surface area (Å²) in [4.78, 5) is 38.9. The third-order valence-electron chi connectivity index (χ3n) is 7.93. The number of H-pyrrole nitrogens is 1. The van der Waals surface area contributed by atoms with Crippen LogP contribution in [-0.2, 0) is 9.53 Å². The van der Waals surface area contributed by atoms with Crippen molar-refractivity contribution in [3.63, 3.8) is 0 Å². The SMILES string of the molecule is C#C.C=C.CO.O=CNc1cnccn1.c1c(Nc2nc(N3CCCC3)nc(N3CCC(N4CCOCC4)CC3)n2)n[nH]c1C1CC1. The molecule has 0 spiro atoms. The molecule has 3 saturated heterocycles. The summed E-state index contributed by atoms with van der Waals surface area (Å²) in [7, 11) is 1.00. The number of hydrogen-bond acceptors (Lipinski definition) is 13. The Morgan fingerprint density at radius 3 is 2.13 bits per heavy atom. The van der Waals surface area contributed by atoms with Crippen molar-refractivity contribution in [1.29, 1.82) is 0 Å². The number of rotatable bonds is 8. The topological polar surface area (TPSA) is 173 Å². The first-order valence-corrected chi connectivity index (χ1v) is 15.9. The van der Waals surface area contributed by atoms with Gasteiger partial charge in [0.1, 0.15) is 0 Å². The maximum atomic E-state index is 9.80. The molecule has 254 valence electrons. The van der Waals surface area contributed by atoms with Gasteiger partial charge in [-0.2, -0.15) is 20.1 Å². The molecule has 4 N–H and O–H groups in total. The Bertz CT molecular complexity index is 1320. The van der Waals surface area contributed by atoms with Crippen molar-refractivity contribution in [2.24, 2.45) is 0 Å². The molecule has 1 amide bonds. The predicted octanol–water partition coefficient (Wildman–Crippen LogP) is 2.82. The Labute approximate surface area is 277 Å². The molecule has 3 aliphatic heterocycles. The lowest BCUT2D eigenvalue weighted by Gasteiger charge is -2.40. The van der Waals surface area contributed by atoms with Crippen LogP contribution in [0.15, 0.2) is 37.8 Å². The van der Waals surface area contributed by atoms with E-state index >= 15 is 0 Å². The highest BCUT2D eigenvalue weighted by atomic mass is 16.5. The molecule has 1 saturated carbocycles. The zero-order chi connectivity index (χ0) is 33.9. The van der Waals surface area contributed by atoms with Crippen LogP contribution in [0.25, 0.3) is 0 Å². The molecule has 0 atom stereocenters. The first-order valence-electron chi connectivity index (χ1n) is 15.9.